The van der Waals surface area contributed by atoms with Crippen molar-refractivity contribution in [3.8, 4) is 0 Å². The lowest BCUT2D eigenvalue weighted by molar-refractivity contribution is -0.145. The number of carbonyl (C=O) groups is 2. The fraction of sp³-hybridized carbons (Fsp3) is 0.333. The summed E-state index contributed by atoms with van der Waals surface area (Å²) in [4.78, 5) is 21.1. The molecule has 1 aromatic heterocycles. The minimum atomic E-state index is -4.04. The average molecular weight is 276 g/mol. The number of aliphatic carboxylic acids is 2. The topological polar surface area (TPSA) is 126 Å². The van der Waals surface area contributed by atoms with Crippen LogP contribution in [0.25, 0.3) is 0 Å². The Balaban J connectivity index is 2.93. The molecule has 0 unspecified atom stereocenters. The molecule has 0 amide bonds. The van der Waals surface area contributed by atoms with Crippen LogP contribution in [-0.4, -0.2) is 41.2 Å². The first-order valence-corrected chi connectivity index (χ1v) is 6.29. The maximum absolute atomic E-state index is 11.8. The van der Waals surface area contributed by atoms with Crippen molar-refractivity contribution in [2.45, 2.75) is 17.4 Å². The summed E-state index contributed by atoms with van der Waals surface area (Å²) in [6.07, 6.45) is 1.92. The summed E-state index contributed by atoms with van der Waals surface area (Å²) in [5, 5.41) is 17.2. The summed E-state index contributed by atoms with van der Waals surface area (Å²) < 4.78 is 26.8. The number of aryl methyl sites for hydroxylation is 1. The second kappa shape index (κ2) is 5.19. The molecule has 0 radical (unpaired) electrons. The minimum Gasteiger partial charge on any atom is -0.481 e. The normalized spacial score (nSPS) is 13.2. The molecule has 8 nitrogen and oxygen atoms in total. The van der Waals surface area contributed by atoms with Crippen molar-refractivity contribution < 1.29 is 28.2 Å². The lowest BCUT2D eigenvalue weighted by Gasteiger charge is -2.11. The molecule has 1 heterocycles. The van der Waals surface area contributed by atoms with E-state index in [-0.39, 0.29) is 4.90 Å². The van der Waals surface area contributed by atoms with Gasteiger partial charge in [-0.25, -0.2) is 8.42 Å². The summed E-state index contributed by atoms with van der Waals surface area (Å²) in [6.45, 7) is 0. The standard InChI is InChI=1S/C9H12N2O6S/c1-11-3-2-6(5-11)18(16,17)10-7(9(14)15)4-8(12)13/h2-3,5,7,10H,4H2,1H3,(H,12,13)(H,14,15)/t7-/m0/s1. The van der Waals surface area contributed by atoms with E-state index in [1.807, 2.05) is 4.72 Å². The fourth-order valence-corrected chi connectivity index (χ4v) is 2.49. The zero-order valence-electron chi connectivity index (χ0n) is 9.40. The van der Waals surface area contributed by atoms with Gasteiger partial charge in [0.15, 0.2) is 0 Å². The lowest BCUT2D eigenvalue weighted by atomic mass is 10.2. The Bertz CT molecular complexity index is 561. The number of carboxylic acid groups (broad SMARTS) is 2. The van der Waals surface area contributed by atoms with Gasteiger partial charge >= 0.3 is 11.9 Å². The number of nitrogens with one attached hydrogen (secondary N) is 1. The highest BCUT2D eigenvalue weighted by Gasteiger charge is 2.27. The predicted octanol–water partition coefficient (Wildman–Crippen LogP) is -0.769. The number of nitrogens with zero attached hydrogens (tertiary/aromatic N) is 1. The number of hydrogen-bond donors (Lipinski definition) is 3. The Labute approximate surface area is 103 Å². The summed E-state index contributed by atoms with van der Waals surface area (Å²) in [6, 6.07) is -0.421. The summed E-state index contributed by atoms with van der Waals surface area (Å²) in [5.41, 5.74) is 0. The zero-order valence-corrected chi connectivity index (χ0v) is 10.2. The third kappa shape index (κ3) is 3.57. The minimum absolute atomic E-state index is 0.123. The maximum Gasteiger partial charge on any atom is 0.322 e. The first kappa shape index (κ1) is 14.2. The van der Waals surface area contributed by atoms with E-state index in [0.717, 1.165) is 0 Å². The van der Waals surface area contributed by atoms with E-state index in [4.69, 9.17) is 10.2 Å². The van der Waals surface area contributed by atoms with Crippen LogP contribution in [0.2, 0.25) is 0 Å². The van der Waals surface area contributed by atoms with Crippen LogP contribution in [0.5, 0.6) is 0 Å². The summed E-state index contributed by atoms with van der Waals surface area (Å²) >= 11 is 0. The van der Waals surface area contributed by atoms with E-state index >= 15 is 0 Å². The molecule has 1 atom stereocenters. The van der Waals surface area contributed by atoms with Gasteiger partial charge in [0.25, 0.3) is 0 Å². The number of carboxylic acids is 2. The Morgan fingerprint density at radius 1 is 1.44 bits per heavy atom. The average Bonchev–Trinajstić information content (AvgIpc) is 2.63. The molecule has 1 aromatic rings. The van der Waals surface area contributed by atoms with Gasteiger partial charge in [-0.15, -0.1) is 0 Å². The van der Waals surface area contributed by atoms with Crippen LogP contribution in [0.1, 0.15) is 6.42 Å². The molecule has 0 aliphatic heterocycles. The van der Waals surface area contributed by atoms with E-state index in [1.54, 1.807) is 7.05 Å². The quantitative estimate of drug-likeness (QED) is 0.626. The van der Waals surface area contributed by atoms with Crippen LogP contribution in [0.4, 0.5) is 0 Å². The number of rotatable bonds is 6. The lowest BCUT2D eigenvalue weighted by Crippen LogP contribution is -2.42. The van der Waals surface area contributed by atoms with Crippen molar-refractivity contribution in [3.63, 3.8) is 0 Å². The van der Waals surface area contributed by atoms with Crippen molar-refractivity contribution in [2.75, 3.05) is 0 Å². The predicted molar refractivity (Wildman–Crippen MR) is 59.4 cm³/mol. The van der Waals surface area contributed by atoms with Gasteiger partial charge in [-0.1, -0.05) is 0 Å². The summed E-state index contributed by atoms with van der Waals surface area (Å²) in [7, 11) is -2.44. The van der Waals surface area contributed by atoms with E-state index in [9.17, 15) is 18.0 Å². The maximum atomic E-state index is 11.8. The van der Waals surface area contributed by atoms with Crippen molar-refractivity contribution in [1.82, 2.24) is 9.29 Å². The van der Waals surface area contributed by atoms with Crippen LogP contribution < -0.4 is 4.72 Å². The smallest absolute Gasteiger partial charge is 0.322 e. The van der Waals surface area contributed by atoms with E-state index in [2.05, 4.69) is 0 Å². The molecule has 0 fully saturated rings. The second-order valence-electron chi connectivity index (χ2n) is 3.62. The molecule has 18 heavy (non-hydrogen) atoms. The van der Waals surface area contributed by atoms with E-state index in [1.165, 1.54) is 23.0 Å². The van der Waals surface area contributed by atoms with Gasteiger partial charge in [0, 0.05) is 19.4 Å². The molecule has 3 N–H and O–H groups in total. The molecule has 0 aromatic carbocycles. The van der Waals surface area contributed by atoms with Crippen molar-refractivity contribution in [2.24, 2.45) is 7.05 Å². The van der Waals surface area contributed by atoms with Crippen molar-refractivity contribution in [1.29, 1.82) is 0 Å². The SMILES string of the molecule is Cn1ccc(S(=O)(=O)N[C@@H](CC(=O)O)C(=O)O)c1. The summed E-state index contributed by atoms with van der Waals surface area (Å²) in [5.74, 6) is -2.95. The van der Waals surface area contributed by atoms with Gasteiger partial charge in [0.1, 0.15) is 6.04 Å². The highest BCUT2D eigenvalue weighted by atomic mass is 32.2. The van der Waals surface area contributed by atoms with Crippen LogP contribution in [-0.2, 0) is 26.7 Å². The fourth-order valence-electron chi connectivity index (χ4n) is 1.25. The van der Waals surface area contributed by atoms with Gasteiger partial charge in [-0.05, 0) is 6.07 Å². The second-order valence-corrected chi connectivity index (χ2v) is 5.34. The highest BCUT2D eigenvalue weighted by Crippen LogP contribution is 2.10. The first-order valence-electron chi connectivity index (χ1n) is 4.81. The molecular formula is C9H12N2O6S. The highest BCUT2D eigenvalue weighted by molar-refractivity contribution is 7.89. The molecule has 0 spiro atoms. The van der Waals surface area contributed by atoms with Gasteiger partial charge in [-0.2, -0.15) is 4.72 Å². The van der Waals surface area contributed by atoms with Crippen LogP contribution in [0.3, 0.4) is 0 Å². The molecule has 0 saturated carbocycles. The van der Waals surface area contributed by atoms with Gasteiger partial charge in [0.2, 0.25) is 10.0 Å². The van der Waals surface area contributed by atoms with Crippen LogP contribution in [0.15, 0.2) is 23.4 Å². The van der Waals surface area contributed by atoms with Gasteiger partial charge in [-0.3, -0.25) is 9.59 Å². The Morgan fingerprint density at radius 3 is 2.44 bits per heavy atom. The monoisotopic (exact) mass is 276 g/mol. The number of hydrogen-bond acceptors (Lipinski definition) is 4. The van der Waals surface area contributed by atoms with Crippen LogP contribution in [0, 0.1) is 0 Å². The molecule has 9 heteroatoms. The van der Waals surface area contributed by atoms with Crippen molar-refractivity contribution in [3.05, 3.63) is 18.5 Å². The largest absolute Gasteiger partial charge is 0.481 e. The molecule has 100 valence electrons. The number of sulfonamides is 1. The molecule has 0 bridgehead atoms. The van der Waals surface area contributed by atoms with Gasteiger partial charge < -0.3 is 14.8 Å². The molecular weight excluding hydrogens is 264 g/mol. The number of aromatic nitrogens is 1. The molecule has 0 aliphatic rings. The molecule has 0 aliphatic carbocycles. The molecule has 1 rings (SSSR count). The zero-order chi connectivity index (χ0) is 13.9. The van der Waals surface area contributed by atoms with Crippen molar-refractivity contribution >= 4 is 22.0 Å². The van der Waals surface area contributed by atoms with Gasteiger partial charge in [0.05, 0.1) is 11.3 Å². The van der Waals surface area contributed by atoms with E-state index in [0.29, 0.717) is 0 Å². The van der Waals surface area contributed by atoms with Crippen LogP contribution >= 0.6 is 0 Å². The first-order chi connectivity index (χ1) is 8.22. The molecule has 0 saturated heterocycles. The Hall–Kier alpha value is -1.87. The Morgan fingerprint density at radius 2 is 2.06 bits per heavy atom. The van der Waals surface area contributed by atoms with E-state index < -0.39 is 34.4 Å². The third-order valence-corrected chi connectivity index (χ3v) is 3.55. The third-order valence-electron chi connectivity index (χ3n) is 2.09. The Kier molecular flexibility index (Phi) is 4.09.